The lowest BCUT2D eigenvalue weighted by molar-refractivity contribution is 0.0985. The van der Waals surface area contributed by atoms with Crippen LogP contribution in [0.5, 0.6) is 0 Å². The normalized spacial score (nSPS) is 19.1. The second kappa shape index (κ2) is 9.17. The predicted molar refractivity (Wildman–Crippen MR) is 137 cm³/mol. The summed E-state index contributed by atoms with van der Waals surface area (Å²) in [6.07, 6.45) is 4.11. The third-order valence-electron chi connectivity index (χ3n) is 6.61. The van der Waals surface area contributed by atoms with Gasteiger partial charge in [-0.2, -0.15) is 5.10 Å². The van der Waals surface area contributed by atoms with Gasteiger partial charge in [-0.25, -0.2) is 23.2 Å². The number of benzene rings is 1. The van der Waals surface area contributed by atoms with Crippen molar-refractivity contribution in [2.75, 3.05) is 41.5 Å². The maximum atomic E-state index is 12.6. The molecule has 3 aromatic rings. The zero-order valence-electron chi connectivity index (χ0n) is 20.4. The molecule has 0 radical (unpaired) electrons. The van der Waals surface area contributed by atoms with Gasteiger partial charge in [0.15, 0.2) is 21.5 Å². The highest BCUT2D eigenvalue weighted by Gasteiger charge is 2.55. The molecule has 190 valence electrons. The summed E-state index contributed by atoms with van der Waals surface area (Å²) in [4.78, 5) is 23.9. The number of morpholine rings is 1. The van der Waals surface area contributed by atoms with E-state index in [2.05, 4.69) is 27.6 Å². The number of rotatable bonds is 6. The van der Waals surface area contributed by atoms with Crippen LogP contribution in [-0.4, -0.2) is 66.3 Å². The average Bonchev–Trinajstić information content (AvgIpc) is 3.57. The maximum Gasteiger partial charge on any atom is 0.324 e. The summed E-state index contributed by atoms with van der Waals surface area (Å²) < 4.78 is 31.5. The smallest absolute Gasteiger partial charge is 0.324 e. The van der Waals surface area contributed by atoms with Crippen LogP contribution in [-0.2, 0) is 26.4 Å². The monoisotopic (exact) mass is 511 g/mol. The van der Waals surface area contributed by atoms with Gasteiger partial charge in [0.05, 0.1) is 24.9 Å². The molecule has 0 unspecified atom stereocenters. The Morgan fingerprint density at radius 2 is 1.89 bits per heavy atom. The Kier molecular flexibility index (Phi) is 6.17. The number of aryl methyl sites for hydroxylation is 1. The number of nitrogens with zero attached hydrogens (tertiary/aromatic N) is 5. The highest BCUT2D eigenvalue weighted by Crippen LogP contribution is 2.52. The second-order valence-corrected chi connectivity index (χ2v) is 11.7. The van der Waals surface area contributed by atoms with Gasteiger partial charge in [-0.05, 0) is 44.0 Å². The van der Waals surface area contributed by atoms with E-state index in [1.807, 2.05) is 18.2 Å². The summed E-state index contributed by atoms with van der Waals surface area (Å²) in [6.45, 7) is 3.88. The zero-order valence-corrected chi connectivity index (χ0v) is 21.2. The number of aromatic nitrogens is 4. The number of anilines is 3. The standard InChI is InChI=1S/C24H29N7O4S/c1-16-15-35-13-12-31(16)21-14-19(24(9-10-24)36(3,33)34)26-22(28-21)17-4-6-18(7-5-17)25-23(32)27-20-8-11-30(2)29-20/h4-8,11,14,16H,9-10,12-13,15H2,1-3H3,(H2,25,27,29,32)/t16-/m0/s1. The van der Waals surface area contributed by atoms with Gasteiger partial charge >= 0.3 is 6.03 Å². The van der Waals surface area contributed by atoms with Gasteiger partial charge in [0.1, 0.15) is 10.6 Å². The van der Waals surface area contributed by atoms with E-state index in [-0.39, 0.29) is 6.04 Å². The number of carbonyl (C=O) groups excluding carboxylic acids is 1. The minimum atomic E-state index is -3.34. The molecule has 5 rings (SSSR count). The van der Waals surface area contributed by atoms with Crippen LogP contribution < -0.4 is 15.5 Å². The number of urea groups is 1. The number of sulfone groups is 1. The van der Waals surface area contributed by atoms with Crippen molar-refractivity contribution in [2.45, 2.75) is 30.6 Å². The van der Waals surface area contributed by atoms with Crippen molar-refractivity contribution in [1.82, 2.24) is 19.7 Å². The lowest BCUT2D eigenvalue weighted by Crippen LogP contribution is -2.44. The van der Waals surface area contributed by atoms with Crippen molar-refractivity contribution in [3.8, 4) is 11.4 Å². The second-order valence-electron chi connectivity index (χ2n) is 9.35. The third kappa shape index (κ3) is 4.78. The number of carbonyl (C=O) groups is 1. The zero-order chi connectivity index (χ0) is 25.5. The molecule has 36 heavy (non-hydrogen) atoms. The number of nitrogens with one attached hydrogen (secondary N) is 2. The van der Waals surface area contributed by atoms with Crippen molar-refractivity contribution < 1.29 is 17.9 Å². The van der Waals surface area contributed by atoms with Crippen molar-refractivity contribution in [1.29, 1.82) is 0 Å². The lowest BCUT2D eigenvalue weighted by Gasteiger charge is -2.34. The van der Waals surface area contributed by atoms with Crippen molar-refractivity contribution in [3.63, 3.8) is 0 Å². The number of ether oxygens (including phenoxy) is 1. The quantitative estimate of drug-likeness (QED) is 0.517. The number of hydrogen-bond acceptors (Lipinski definition) is 8. The first kappa shape index (κ1) is 24.2. The molecule has 1 aliphatic heterocycles. The fourth-order valence-corrected chi connectivity index (χ4v) is 5.73. The lowest BCUT2D eigenvalue weighted by atomic mass is 10.1. The minimum absolute atomic E-state index is 0.104. The first-order valence-corrected chi connectivity index (χ1v) is 13.7. The molecule has 0 bridgehead atoms. The molecule has 2 fully saturated rings. The molecule has 2 aromatic heterocycles. The molecule has 11 nitrogen and oxygen atoms in total. The van der Waals surface area contributed by atoms with E-state index in [1.54, 1.807) is 36.1 Å². The Hall–Kier alpha value is -3.51. The van der Waals surface area contributed by atoms with E-state index < -0.39 is 20.6 Å². The maximum absolute atomic E-state index is 12.6. The van der Waals surface area contributed by atoms with Crippen molar-refractivity contribution in [3.05, 3.63) is 48.3 Å². The third-order valence-corrected chi connectivity index (χ3v) is 8.65. The van der Waals surface area contributed by atoms with Gasteiger partial charge in [0, 0.05) is 49.4 Å². The Morgan fingerprint density at radius 3 is 2.50 bits per heavy atom. The molecule has 1 aromatic carbocycles. The molecule has 1 saturated carbocycles. The Labute approximate surface area is 209 Å². The van der Waals surface area contributed by atoms with E-state index in [4.69, 9.17) is 14.7 Å². The van der Waals surface area contributed by atoms with Gasteiger partial charge in [0.25, 0.3) is 0 Å². The molecule has 1 saturated heterocycles. The van der Waals surface area contributed by atoms with Gasteiger partial charge < -0.3 is 15.0 Å². The summed E-state index contributed by atoms with van der Waals surface area (Å²) >= 11 is 0. The Balaban J connectivity index is 1.43. The molecular weight excluding hydrogens is 482 g/mol. The fraction of sp³-hybridized carbons (Fsp3) is 0.417. The van der Waals surface area contributed by atoms with Crippen LogP contribution in [0.2, 0.25) is 0 Å². The number of hydrogen-bond donors (Lipinski definition) is 2. The van der Waals surface area contributed by atoms with E-state index in [0.29, 0.717) is 61.4 Å². The van der Waals surface area contributed by atoms with E-state index in [0.717, 1.165) is 5.56 Å². The van der Waals surface area contributed by atoms with Crippen LogP contribution >= 0.6 is 0 Å². The molecule has 2 N–H and O–H groups in total. The highest BCUT2D eigenvalue weighted by atomic mass is 32.2. The summed E-state index contributed by atoms with van der Waals surface area (Å²) in [5.74, 6) is 1.58. The van der Waals surface area contributed by atoms with Gasteiger partial charge in [-0.1, -0.05) is 0 Å². The highest BCUT2D eigenvalue weighted by molar-refractivity contribution is 7.91. The topological polar surface area (TPSA) is 131 Å². The first-order chi connectivity index (χ1) is 17.1. The molecule has 3 heterocycles. The minimum Gasteiger partial charge on any atom is -0.377 e. The Morgan fingerprint density at radius 1 is 1.14 bits per heavy atom. The average molecular weight is 512 g/mol. The molecule has 12 heteroatoms. The van der Waals surface area contributed by atoms with Crippen LogP contribution in [0.1, 0.15) is 25.5 Å². The van der Waals surface area contributed by atoms with Crippen LogP contribution in [0.15, 0.2) is 42.6 Å². The van der Waals surface area contributed by atoms with Crippen molar-refractivity contribution in [2.24, 2.45) is 7.05 Å². The van der Waals surface area contributed by atoms with Gasteiger partial charge in [-0.15, -0.1) is 0 Å². The fourth-order valence-electron chi connectivity index (χ4n) is 4.41. The molecule has 2 amide bonds. The van der Waals surface area contributed by atoms with Crippen LogP contribution in [0, 0.1) is 0 Å². The SMILES string of the molecule is C[C@H]1COCCN1c1cc(C2(S(C)(=O)=O)CC2)nc(-c2ccc(NC(=O)Nc3ccn(C)n3)cc2)n1. The molecular formula is C24H29N7O4S. The van der Waals surface area contributed by atoms with E-state index >= 15 is 0 Å². The summed E-state index contributed by atoms with van der Waals surface area (Å²) in [7, 11) is -1.57. The van der Waals surface area contributed by atoms with Gasteiger partial charge in [-0.3, -0.25) is 10.00 Å². The first-order valence-electron chi connectivity index (χ1n) is 11.8. The largest absolute Gasteiger partial charge is 0.377 e. The predicted octanol–water partition coefficient (Wildman–Crippen LogP) is 2.78. The summed E-state index contributed by atoms with van der Waals surface area (Å²) in [6, 6.07) is 10.3. The Bertz CT molecular complexity index is 1380. The molecule has 1 aliphatic carbocycles. The molecule has 0 spiro atoms. The molecule has 2 aliphatic rings. The van der Waals surface area contributed by atoms with E-state index in [1.165, 1.54) is 6.26 Å². The van der Waals surface area contributed by atoms with E-state index in [9.17, 15) is 13.2 Å². The van der Waals surface area contributed by atoms with Crippen molar-refractivity contribution >= 4 is 33.2 Å². The van der Waals surface area contributed by atoms with Crippen LogP contribution in [0.25, 0.3) is 11.4 Å². The van der Waals surface area contributed by atoms with Gasteiger partial charge in [0.2, 0.25) is 0 Å². The molecule has 1 atom stereocenters. The summed E-state index contributed by atoms with van der Waals surface area (Å²) in [5, 5.41) is 9.56. The van der Waals surface area contributed by atoms with Crippen LogP contribution in [0.3, 0.4) is 0 Å². The van der Waals surface area contributed by atoms with Crippen LogP contribution in [0.4, 0.5) is 22.1 Å². The number of amides is 2. The summed E-state index contributed by atoms with van der Waals surface area (Å²) in [5.41, 5.74) is 1.83.